The van der Waals surface area contributed by atoms with E-state index in [2.05, 4.69) is 0 Å². The van der Waals surface area contributed by atoms with Gasteiger partial charge in [-0.1, -0.05) is 0 Å². The fraction of sp³-hybridized carbons (Fsp3) is 0.133. The number of halogens is 2. The fourth-order valence-corrected chi connectivity index (χ4v) is 1.71. The molecule has 0 unspecified atom stereocenters. The topological polar surface area (TPSA) is 53.2 Å². The normalized spacial score (nSPS) is 11.8. The Kier molecular flexibility index (Phi) is 3.97. The lowest BCUT2D eigenvalue weighted by Crippen LogP contribution is -1.98. The number of nitrogens with zero attached hydrogens (tertiary/aromatic N) is 1. The van der Waals surface area contributed by atoms with Crippen LogP contribution in [-0.2, 0) is 0 Å². The molecular weight excluding hydrogens is 264 g/mol. The molecule has 20 heavy (non-hydrogen) atoms. The van der Waals surface area contributed by atoms with Gasteiger partial charge in [-0.25, -0.2) is 8.78 Å². The molecule has 0 radical (unpaired) electrons. The van der Waals surface area contributed by atoms with Crippen molar-refractivity contribution in [1.29, 1.82) is 5.26 Å². The third kappa shape index (κ3) is 2.92. The zero-order valence-electron chi connectivity index (χ0n) is 10.6. The molecule has 1 atom stereocenters. The summed E-state index contributed by atoms with van der Waals surface area (Å²) in [6, 6.07) is 9.17. The monoisotopic (exact) mass is 275 g/mol. The van der Waals surface area contributed by atoms with Gasteiger partial charge in [-0.15, -0.1) is 0 Å². The van der Waals surface area contributed by atoms with Crippen molar-refractivity contribution in [2.75, 3.05) is 0 Å². The highest BCUT2D eigenvalue weighted by Crippen LogP contribution is 2.31. The minimum atomic E-state index is -0.956. The Balaban J connectivity index is 2.38. The van der Waals surface area contributed by atoms with E-state index in [1.807, 2.05) is 6.07 Å². The molecule has 0 spiro atoms. The smallest absolute Gasteiger partial charge is 0.167 e. The molecule has 0 amide bonds. The highest BCUT2D eigenvalue weighted by atomic mass is 19.1. The molecular formula is C15H11F2NO2. The van der Waals surface area contributed by atoms with Crippen LogP contribution in [0, 0.1) is 23.0 Å². The van der Waals surface area contributed by atoms with Crippen LogP contribution in [0.15, 0.2) is 36.4 Å². The van der Waals surface area contributed by atoms with Gasteiger partial charge in [-0.2, -0.15) is 5.26 Å². The molecule has 0 aromatic heterocycles. The molecule has 0 bridgehead atoms. The molecule has 2 aromatic rings. The van der Waals surface area contributed by atoms with E-state index in [9.17, 15) is 13.9 Å². The van der Waals surface area contributed by atoms with Crippen LogP contribution in [0.4, 0.5) is 8.78 Å². The molecule has 0 saturated heterocycles. The van der Waals surface area contributed by atoms with Gasteiger partial charge in [0.1, 0.15) is 11.6 Å². The zero-order valence-corrected chi connectivity index (χ0v) is 10.6. The van der Waals surface area contributed by atoms with Crippen LogP contribution >= 0.6 is 0 Å². The maximum absolute atomic E-state index is 13.7. The van der Waals surface area contributed by atoms with Crippen molar-refractivity contribution in [3.63, 3.8) is 0 Å². The van der Waals surface area contributed by atoms with Gasteiger partial charge in [-0.3, -0.25) is 0 Å². The number of hydrogen-bond acceptors (Lipinski definition) is 3. The standard InChI is InChI=1S/C15H11F2NO2/c1-9(19)12-7-11(16)3-5-14(12)20-15-4-2-10(8-18)6-13(15)17/h2-7,9,19H,1H3/t9-/m0/s1. The number of ether oxygens (including phenoxy) is 1. The molecule has 5 heteroatoms. The zero-order chi connectivity index (χ0) is 14.7. The predicted molar refractivity (Wildman–Crippen MR) is 68.2 cm³/mol. The van der Waals surface area contributed by atoms with E-state index in [-0.39, 0.29) is 22.6 Å². The molecule has 0 saturated carbocycles. The Morgan fingerprint density at radius 2 is 1.85 bits per heavy atom. The Labute approximate surface area is 114 Å². The first-order valence-corrected chi connectivity index (χ1v) is 5.86. The van der Waals surface area contributed by atoms with Gasteiger partial charge in [-0.05, 0) is 43.3 Å². The summed E-state index contributed by atoms with van der Waals surface area (Å²) in [4.78, 5) is 0. The van der Waals surface area contributed by atoms with Gasteiger partial charge in [0.05, 0.1) is 17.7 Å². The first-order chi connectivity index (χ1) is 9.51. The predicted octanol–water partition coefficient (Wildman–Crippen LogP) is 3.68. The number of aliphatic hydroxyl groups excluding tert-OH is 1. The first kappa shape index (κ1) is 14.0. The molecule has 102 valence electrons. The Hall–Kier alpha value is -2.45. The molecule has 0 fully saturated rings. The molecule has 2 rings (SSSR count). The second kappa shape index (κ2) is 5.68. The third-order valence-corrected chi connectivity index (χ3v) is 2.70. The van der Waals surface area contributed by atoms with Crippen molar-refractivity contribution < 1.29 is 18.6 Å². The van der Waals surface area contributed by atoms with Gasteiger partial charge in [0.2, 0.25) is 0 Å². The third-order valence-electron chi connectivity index (χ3n) is 2.70. The highest BCUT2D eigenvalue weighted by molar-refractivity contribution is 5.42. The lowest BCUT2D eigenvalue weighted by Gasteiger charge is -2.13. The largest absolute Gasteiger partial charge is 0.454 e. The summed E-state index contributed by atoms with van der Waals surface area (Å²) in [6.07, 6.45) is -0.956. The second-order valence-corrected chi connectivity index (χ2v) is 4.22. The molecule has 0 heterocycles. The number of hydrogen-bond donors (Lipinski definition) is 1. The summed E-state index contributed by atoms with van der Waals surface area (Å²) in [7, 11) is 0. The highest BCUT2D eigenvalue weighted by Gasteiger charge is 2.13. The van der Waals surface area contributed by atoms with Gasteiger partial charge >= 0.3 is 0 Å². The van der Waals surface area contributed by atoms with E-state index < -0.39 is 17.7 Å². The Bertz CT molecular complexity index is 678. The summed E-state index contributed by atoms with van der Waals surface area (Å²) in [6.45, 7) is 1.46. The summed E-state index contributed by atoms with van der Waals surface area (Å²) in [5.74, 6) is -1.17. The van der Waals surface area contributed by atoms with Crippen molar-refractivity contribution >= 4 is 0 Å². The van der Waals surface area contributed by atoms with Crippen molar-refractivity contribution in [3.05, 3.63) is 59.2 Å². The molecule has 2 aromatic carbocycles. The van der Waals surface area contributed by atoms with Gasteiger partial charge in [0, 0.05) is 5.56 Å². The molecule has 0 aliphatic carbocycles. The quantitative estimate of drug-likeness (QED) is 0.929. The molecule has 1 N–H and O–H groups in total. The maximum Gasteiger partial charge on any atom is 0.167 e. The van der Waals surface area contributed by atoms with Crippen molar-refractivity contribution in [3.8, 4) is 17.6 Å². The van der Waals surface area contributed by atoms with Crippen LogP contribution in [0.3, 0.4) is 0 Å². The van der Waals surface area contributed by atoms with Crippen LogP contribution in [-0.4, -0.2) is 5.11 Å². The Morgan fingerprint density at radius 3 is 2.45 bits per heavy atom. The average Bonchev–Trinajstić information content (AvgIpc) is 2.42. The summed E-state index contributed by atoms with van der Waals surface area (Å²) >= 11 is 0. The SMILES string of the molecule is C[C@H](O)c1cc(F)ccc1Oc1ccc(C#N)cc1F. The van der Waals surface area contributed by atoms with Gasteiger partial charge in [0.15, 0.2) is 11.6 Å². The lowest BCUT2D eigenvalue weighted by molar-refractivity contribution is 0.195. The van der Waals surface area contributed by atoms with Crippen molar-refractivity contribution in [1.82, 2.24) is 0 Å². The first-order valence-electron chi connectivity index (χ1n) is 5.86. The molecule has 0 aliphatic heterocycles. The van der Waals surface area contributed by atoms with Gasteiger partial charge in [0.25, 0.3) is 0 Å². The van der Waals surface area contributed by atoms with Crippen LogP contribution in [0.1, 0.15) is 24.2 Å². The summed E-state index contributed by atoms with van der Waals surface area (Å²) in [5.41, 5.74) is 0.387. The van der Waals surface area contributed by atoms with E-state index in [1.54, 1.807) is 0 Å². The van der Waals surface area contributed by atoms with E-state index in [4.69, 9.17) is 10.00 Å². The van der Waals surface area contributed by atoms with Crippen molar-refractivity contribution in [2.24, 2.45) is 0 Å². The van der Waals surface area contributed by atoms with E-state index in [1.165, 1.54) is 25.1 Å². The number of nitriles is 1. The summed E-state index contributed by atoms with van der Waals surface area (Å²) < 4.78 is 32.2. The lowest BCUT2D eigenvalue weighted by atomic mass is 10.1. The van der Waals surface area contributed by atoms with Crippen LogP contribution in [0.2, 0.25) is 0 Å². The average molecular weight is 275 g/mol. The number of benzene rings is 2. The summed E-state index contributed by atoms with van der Waals surface area (Å²) in [5, 5.41) is 18.2. The van der Waals surface area contributed by atoms with Crippen molar-refractivity contribution in [2.45, 2.75) is 13.0 Å². The molecule has 3 nitrogen and oxygen atoms in total. The Morgan fingerprint density at radius 1 is 1.15 bits per heavy atom. The van der Waals surface area contributed by atoms with E-state index >= 15 is 0 Å². The number of aliphatic hydroxyl groups is 1. The van der Waals surface area contributed by atoms with E-state index in [0.29, 0.717) is 0 Å². The second-order valence-electron chi connectivity index (χ2n) is 4.22. The minimum Gasteiger partial charge on any atom is -0.454 e. The van der Waals surface area contributed by atoms with Crippen LogP contribution in [0.25, 0.3) is 0 Å². The number of rotatable bonds is 3. The van der Waals surface area contributed by atoms with Crippen LogP contribution in [0.5, 0.6) is 11.5 Å². The fourth-order valence-electron chi connectivity index (χ4n) is 1.71. The van der Waals surface area contributed by atoms with Crippen LogP contribution < -0.4 is 4.74 Å². The maximum atomic E-state index is 13.7. The van der Waals surface area contributed by atoms with E-state index in [0.717, 1.165) is 18.2 Å². The molecule has 0 aliphatic rings. The minimum absolute atomic E-state index is 0.0995. The van der Waals surface area contributed by atoms with Gasteiger partial charge < -0.3 is 9.84 Å².